The standard InChI is InChI=1S/C11H17N3O2/c1-3-10-9(7-13(2)12-10)11(16)14-5-4-8(15)6-14/h7-8,15H,3-6H2,1-2H3/t8-/m1/s1. The van der Waals surface area contributed by atoms with Crippen LogP contribution in [0.4, 0.5) is 0 Å². The van der Waals surface area contributed by atoms with Gasteiger partial charge < -0.3 is 10.0 Å². The minimum atomic E-state index is -0.370. The Labute approximate surface area is 94.7 Å². The number of aliphatic hydroxyl groups is 1. The lowest BCUT2D eigenvalue weighted by molar-refractivity contribution is 0.0764. The first-order valence-electron chi connectivity index (χ1n) is 5.61. The number of nitrogens with zero attached hydrogens (tertiary/aromatic N) is 3. The van der Waals surface area contributed by atoms with Crippen LogP contribution in [0, 0.1) is 0 Å². The summed E-state index contributed by atoms with van der Waals surface area (Å²) in [5, 5.41) is 13.7. The zero-order chi connectivity index (χ0) is 11.7. The lowest BCUT2D eigenvalue weighted by atomic mass is 10.2. The number of amides is 1. The number of aryl methyl sites for hydroxylation is 2. The van der Waals surface area contributed by atoms with E-state index in [2.05, 4.69) is 5.10 Å². The Morgan fingerprint density at radius 3 is 3.00 bits per heavy atom. The first-order chi connectivity index (χ1) is 7.61. The predicted octanol–water partition coefficient (Wildman–Crippen LogP) is 0.189. The first kappa shape index (κ1) is 11.1. The van der Waals surface area contributed by atoms with Gasteiger partial charge in [0.05, 0.1) is 17.4 Å². The highest BCUT2D eigenvalue weighted by Crippen LogP contribution is 2.16. The number of hydrogen-bond donors (Lipinski definition) is 1. The zero-order valence-corrected chi connectivity index (χ0v) is 9.68. The summed E-state index contributed by atoms with van der Waals surface area (Å²) in [6, 6.07) is 0. The summed E-state index contributed by atoms with van der Waals surface area (Å²) in [5.41, 5.74) is 1.49. The molecule has 0 bridgehead atoms. The third kappa shape index (κ3) is 1.95. The maximum atomic E-state index is 12.1. The maximum Gasteiger partial charge on any atom is 0.257 e. The molecule has 2 rings (SSSR count). The van der Waals surface area contributed by atoms with Gasteiger partial charge in [-0.25, -0.2) is 0 Å². The summed E-state index contributed by atoms with van der Waals surface area (Å²) in [7, 11) is 1.81. The lowest BCUT2D eigenvalue weighted by Crippen LogP contribution is -2.29. The Balaban J connectivity index is 2.20. The minimum Gasteiger partial charge on any atom is -0.391 e. The molecular formula is C11H17N3O2. The molecule has 0 aliphatic carbocycles. The molecule has 0 radical (unpaired) electrons. The largest absolute Gasteiger partial charge is 0.391 e. The van der Waals surface area contributed by atoms with Gasteiger partial charge in [0.25, 0.3) is 5.91 Å². The number of carbonyl (C=O) groups excluding carboxylic acids is 1. The van der Waals surface area contributed by atoms with Crippen molar-refractivity contribution >= 4 is 5.91 Å². The third-order valence-electron chi connectivity index (χ3n) is 2.92. The maximum absolute atomic E-state index is 12.1. The lowest BCUT2D eigenvalue weighted by Gasteiger charge is -2.14. The molecule has 1 fully saturated rings. The van der Waals surface area contributed by atoms with Crippen molar-refractivity contribution in [1.82, 2.24) is 14.7 Å². The van der Waals surface area contributed by atoms with E-state index in [-0.39, 0.29) is 12.0 Å². The topological polar surface area (TPSA) is 58.4 Å². The predicted molar refractivity (Wildman–Crippen MR) is 59.1 cm³/mol. The average molecular weight is 223 g/mol. The Kier molecular flexibility index (Phi) is 2.96. The fourth-order valence-electron chi connectivity index (χ4n) is 2.07. The number of aromatic nitrogens is 2. The van der Waals surface area contributed by atoms with E-state index in [4.69, 9.17) is 0 Å². The van der Waals surface area contributed by atoms with Crippen molar-refractivity contribution < 1.29 is 9.90 Å². The SMILES string of the molecule is CCc1nn(C)cc1C(=O)N1CC[C@@H](O)C1. The molecule has 5 nitrogen and oxygen atoms in total. The van der Waals surface area contributed by atoms with E-state index in [0.29, 0.717) is 25.1 Å². The van der Waals surface area contributed by atoms with Crippen molar-refractivity contribution in [1.29, 1.82) is 0 Å². The third-order valence-corrected chi connectivity index (χ3v) is 2.92. The molecule has 2 heterocycles. The Bertz CT molecular complexity index is 400. The molecule has 0 saturated carbocycles. The van der Waals surface area contributed by atoms with E-state index in [1.165, 1.54) is 0 Å². The Morgan fingerprint density at radius 2 is 2.44 bits per heavy atom. The molecule has 1 aromatic rings. The highest BCUT2D eigenvalue weighted by atomic mass is 16.3. The smallest absolute Gasteiger partial charge is 0.257 e. The molecule has 1 saturated heterocycles. The molecule has 0 aromatic carbocycles. The van der Waals surface area contributed by atoms with Crippen molar-refractivity contribution in [3.8, 4) is 0 Å². The monoisotopic (exact) mass is 223 g/mol. The number of β-amino-alcohol motifs (C(OH)–C–C–N with tert-alkyl or cyclic N) is 1. The van der Waals surface area contributed by atoms with Crippen LogP contribution in [0.3, 0.4) is 0 Å². The normalized spacial score (nSPS) is 20.4. The molecule has 88 valence electrons. The molecule has 1 aliphatic rings. The number of aliphatic hydroxyl groups excluding tert-OH is 1. The van der Waals surface area contributed by atoms with Crippen LogP contribution in [0.25, 0.3) is 0 Å². The minimum absolute atomic E-state index is 0.0125. The van der Waals surface area contributed by atoms with Gasteiger partial charge in [-0.1, -0.05) is 6.92 Å². The van der Waals surface area contributed by atoms with E-state index in [1.54, 1.807) is 15.8 Å². The van der Waals surface area contributed by atoms with Crippen LogP contribution in [0.2, 0.25) is 0 Å². The fourth-order valence-corrected chi connectivity index (χ4v) is 2.07. The van der Waals surface area contributed by atoms with Gasteiger partial charge in [0.15, 0.2) is 0 Å². The van der Waals surface area contributed by atoms with E-state index < -0.39 is 0 Å². The van der Waals surface area contributed by atoms with E-state index in [1.807, 2.05) is 14.0 Å². The van der Waals surface area contributed by atoms with Gasteiger partial charge in [-0.3, -0.25) is 9.48 Å². The number of hydrogen-bond acceptors (Lipinski definition) is 3. The van der Waals surface area contributed by atoms with Crippen LogP contribution in [0.15, 0.2) is 6.20 Å². The highest BCUT2D eigenvalue weighted by Gasteiger charge is 2.27. The second-order valence-electron chi connectivity index (χ2n) is 4.21. The van der Waals surface area contributed by atoms with Gasteiger partial charge in [-0.05, 0) is 12.8 Å². The van der Waals surface area contributed by atoms with Crippen molar-refractivity contribution in [2.75, 3.05) is 13.1 Å². The summed E-state index contributed by atoms with van der Waals surface area (Å²) >= 11 is 0. The summed E-state index contributed by atoms with van der Waals surface area (Å²) in [4.78, 5) is 13.8. The molecule has 0 unspecified atom stereocenters. The zero-order valence-electron chi connectivity index (χ0n) is 9.68. The van der Waals surface area contributed by atoms with Crippen molar-refractivity contribution in [2.45, 2.75) is 25.9 Å². The van der Waals surface area contributed by atoms with Gasteiger partial charge in [0.2, 0.25) is 0 Å². The quantitative estimate of drug-likeness (QED) is 0.778. The molecular weight excluding hydrogens is 206 g/mol. The van der Waals surface area contributed by atoms with Gasteiger partial charge >= 0.3 is 0 Å². The molecule has 0 spiro atoms. The molecule has 1 atom stereocenters. The summed E-state index contributed by atoms with van der Waals surface area (Å²) in [5.74, 6) is -0.0125. The van der Waals surface area contributed by atoms with E-state index in [0.717, 1.165) is 12.1 Å². The van der Waals surface area contributed by atoms with Crippen molar-refractivity contribution in [3.05, 3.63) is 17.5 Å². The summed E-state index contributed by atoms with van der Waals surface area (Å²) < 4.78 is 1.67. The summed E-state index contributed by atoms with van der Waals surface area (Å²) in [6.07, 6.45) is 2.81. The highest BCUT2D eigenvalue weighted by molar-refractivity contribution is 5.95. The van der Waals surface area contributed by atoms with Crippen LogP contribution < -0.4 is 0 Å². The second-order valence-corrected chi connectivity index (χ2v) is 4.21. The van der Waals surface area contributed by atoms with Crippen molar-refractivity contribution in [3.63, 3.8) is 0 Å². The Morgan fingerprint density at radius 1 is 1.69 bits per heavy atom. The van der Waals surface area contributed by atoms with Crippen LogP contribution >= 0.6 is 0 Å². The summed E-state index contributed by atoms with van der Waals surface area (Å²) in [6.45, 7) is 3.06. The molecule has 1 N–H and O–H groups in total. The Hall–Kier alpha value is -1.36. The molecule has 1 amide bonds. The number of likely N-dealkylation sites (tertiary alicyclic amines) is 1. The van der Waals surface area contributed by atoms with E-state index >= 15 is 0 Å². The van der Waals surface area contributed by atoms with Gasteiger partial charge in [-0.15, -0.1) is 0 Å². The van der Waals surface area contributed by atoms with E-state index in [9.17, 15) is 9.90 Å². The number of carbonyl (C=O) groups is 1. The molecule has 5 heteroatoms. The van der Waals surface area contributed by atoms with Gasteiger partial charge in [0, 0.05) is 26.3 Å². The van der Waals surface area contributed by atoms with Crippen LogP contribution in [-0.2, 0) is 13.5 Å². The second kappa shape index (κ2) is 4.25. The average Bonchev–Trinajstić information content (AvgIpc) is 2.83. The van der Waals surface area contributed by atoms with Crippen LogP contribution in [-0.4, -0.2) is 44.9 Å². The van der Waals surface area contributed by atoms with Crippen LogP contribution in [0.1, 0.15) is 29.4 Å². The molecule has 1 aromatic heterocycles. The molecule has 16 heavy (non-hydrogen) atoms. The van der Waals surface area contributed by atoms with Gasteiger partial charge in [-0.2, -0.15) is 5.10 Å². The first-order valence-corrected chi connectivity index (χ1v) is 5.61. The van der Waals surface area contributed by atoms with Crippen LogP contribution in [0.5, 0.6) is 0 Å². The fraction of sp³-hybridized carbons (Fsp3) is 0.636. The number of rotatable bonds is 2. The molecule has 1 aliphatic heterocycles. The van der Waals surface area contributed by atoms with Gasteiger partial charge in [0.1, 0.15) is 0 Å². The van der Waals surface area contributed by atoms with Crippen molar-refractivity contribution in [2.24, 2.45) is 7.05 Å².